The van der Waals surface area contributed by atoms with Gasteiger partial charge in [-0.25, -0.2) is 24.9 Å². The number of nitrogens with two attached hydrogens (primary N) is 1. The predicted molar refractivity (Wildman–Crippen MR) is 113 cm³/mol. The first-order valence-corrected chi connectivity index (χ1v) is 9.05. The molecule has 0 aliphatic heterocycles. The molecule has 9 nitrogen and oxygen atoms in total. The van der Waals surface area contributed by atoms with Crippen LogP contribution in [0.3, 0.4) is 0 Å². The Hall–Kier alpha value is -4.01. The zero-order valence-electron chi connectivity index (χ0n) is 16.2. The van der Waals surface area contributed by atoms with Crippen LogP contribution in [0.2, 0.25) is 0 Å². The third-order valence-corrected chi connectivity index (χ3v) is 4.43. The van der Waals surface area contributed by atoms with Crippen molar-refractivity contribution in [2.75, 3.05) is 11.1 Å². The summed E-state index contributed by atoms with van der Waals surface area (Å²) in [6.45, 7) is 0.726. The molecule has 0 fully saturated rings. The second-order valence-electron chi connectivity index (χ2n) is 6.52. The molecule has 0 amide bonds. The molecule has 0 unspecified atom stereocenters. The highest BCUT2D eigenvalue weighted by atomic mass is 15.1. The van der Waals surface area contributed by atoms with Crippen molar-refractivity contribution >= 4 is 33.8 Å². The van der Waals surface area contributed by atoms with Crippen molar-refractivity contribution < 1.29 is 0 Å². The summed E-state index contributed by atoms with van der Waals surface area (Å²) >= 11 is 0. The van der Waals surface area contributed by atoms with Gasteiger partial charge in [0.05, 0.1) is 18.3 Å². The molecule has 29 heavy (non-hydrogen) atoms. The van der Waals surface area contributed by atoms with E-state index in [1.165, 1.54) is 5.56 Å². The maximum atomic E-state index is 5.65. The molecule has 0 aliphatic carbocycles. The van der Waals surface area contributed by atoms with Crippen LogP contribution in [0.5, 0.6) is 0 Å². The number of aryl methyl sites for hydroxylation is 2. The van der Waals surface area contributed by atoms with Gasteiger partial charge in [0.2, 0.25) is 0 Å². The number of fused-ring (bicyclic) bond motifs is 2. The Kier molecular flexibility index (Phi) is 5.02. The van der Waals surface area contributed by atoms with Gasteiger partial charge in [-0.05, 0) is 11.6 Å². The summed E-state index contributed by atoms with van der Waals surface area (Å²) in [5.74, 6) is 0.768. The van der Waals surface area contributed by atoms with E-state index in [2.05, 4.69) is 42.4 Å². The number of hydrogen-bond acceptors (Lipinski definition) is 7. The highest BCUT2D eigenvalue weighted by Crippen LogP contribution is 2.17. The molecule has 5 rings (SSSR count). The smallest absolute Gasteiger partial charge is 0.165 e. The zero-order chi connectivity index (χ0) is 20.2. The van der Waals surface area contributed by atoms with Gasteiger partial charge >= 0.3 is 0 Å². The Morgan fingerprint density at radius 3 is 2.24 bits per heavy atom. The number of pyridine rings is 1. The first-order valence-electron chi connectivity index (χ1n) is 9.05. The number of benzene rings is 1. The lowest BCUT2D eigenvalue weighted by atomic mass is 10.2. The van der Waals surface area contributed by atoms with Crippen LogP contribution in [-0.4, -0.2) is 34.1 Å². The van der Waals surface area contributed by atoms with Crippen LogP contribution in [0, 0.1) is 0 Å². The summed E-state index contributed by atoms with van der Waals surface area (Å²) in [5, 5.41) is 3.29. The Balaban J connectivity index is 0.000000159. The highest BCUT2D eigenvalue weighted by Gasteiger charge is 2.07. The van der Waals surface area contributed by atoms with E-state index in [0.29, 0.717) is 5.69 Å². The van der Waals surface area contributed by atoms with Crippen LogP contribution in [0.25, 0.3) is 22.3 Å². The van der Waals surface area contributed by atoms with E-state index < -0.39 is 0 Å². The maximum Gasteiger partial charge on any atom is 0.165 e. The molecule has 9 heteroatoms. The van der Waals surface area contributed by atoms with Crippen molar-refractivity contribution in [3.05, 3.63) is 67.1 Å². The third kappa shape index (κ3) is 3.84. The number of rotatable bonds is 3. The molecule has 0 atom stereocenters. The summed E-state index contributed by atoms with van der Waals surface area (Å²) in [5.41, 5.74) is 10.8. The van der Waals surface area contributed by atoms with Crippen molar-refractivity contribution in [3.63, 3.8) is 0 Å². The van der Waals surface area contributed by atoms with Gasteiger partial charge in [-0.15, -0.1) is 0 Å². The molecule has 0 saturated heterocycles. The fourth-order valence-corrected chi connectivity index (χ4v) is 2.90. The van der Waals surface area contributed by atoms with Crippen molar-refractivity contribution in [1.82, 2.24) is 34.1 Å². The number of aromatic nitrogens is 7. The summed E-state index contributed by atoms with van der Waals surface area (Å²) < 4.78 is 3.72. The van der Waals surface area contributed by atoms with Crippen LogP contribution in [0.15, 0.2) is 61.6 Å². The second kappa shape index (κ2) is 7.93. The lowest BCUT2D eigenvalue weighted by Crippen LogP contribution is -2.02. The lowest BCUT2D eigenvalue weighted by Gasteiger charge is -2.05. The fourth-order valence-electron chi connectivity index (χ4n) is 2.90. The standard InChI is InChI=1S/C13H13N5.C7H8N4/c1-18-9-17-11-12(15-8-16-13(11)18)14-7-10-5-3-2-4-6-10;1-11-4-10-6-5(8)2-3-9-7(6)11/h2-6,8-9H,7H2,1H3,(H,14,15,16);2-4H,1H3,(H2,8,9). The van der Waals surface area contributed by atoms with Gasteiger partial charge in [0.15, 0.2) is 17.1 Å². The zero-order valence-corrected chi connectivity index (χ0v) is 16.2. The van der Waals surface area contributed by atoms with E-state index in [0.717, 1.165) is 34.7 Å². The van der Waals surface area contributed by atoms with Crippen LogP contribution < -0.4 is 11.1 Å². The van der Waals surface area contributed by atoms with Crippen LogP contribution in [0.1, 0.15) is 5.56 Å². The number of nitrogens with one attached hydrogen (secondary N) is 1. The number of nitrogens with zero attached hydrogens (tertiary/aromatic N) is 7. The summed E-state index contributed by atoms with van der Waals surface area (Å²) in [6.07, 6.45) is 6.68. The van der Waals surface area contributed by atoms with Crippen LogP contribution in [-0.2, 0) is 20.6 Å². The monoisotopic (exact) mass is 387 g/mol. The average Bonchev–Trinajstić information content (AvgIpc) is 3.32. The Labute approximate surface area is 167 Å². The maximum absolute atomic E-state index is 5.65. The second-order valence-corrected chi connectivity index (χ2v) is 6.52. The summed E-state index contributed by atoms with van der Waals surface area (Å²) in [6, 6.07) is 11.9. The SMILES string of the molecule is Cn1cnc2c(N)ccnc21.Cn1cnc2c(NCc3ccccc3)ncnc21. The number of anilines is 2. The molecule has 1 aromatic carbocycles. The molecular formula is C20H21N9. The molecular weight excluding hydrogens is 366 g/mol. The predicted octanol–water partition coefficient (Wildman–Crippen LogP) is 2.53. The molecule has 4 heterocycles. The molecule has 146 valence electrons. The fraction of sp³-hybridized carbons (Fsp3) is 0.150. The van der Waals surface area contributed by atoms with Crippen molar-refractivity contribution in [2.45, 2.75) is 6.54 Å². The molecule has 0 saturated carbocycles. The Bertz CT molecular complexity index is 1240. The molecule has 0 spiro atoms. The lowest BCUT2D eigenvalue weighted by molar-refractivity contribution is 0.928. The van der Waals surface area contributed by atoms with Crippen molar-refractivity contribution in [3.8, 4) is 0 Å². The largest absolute Gasteiger partial charge is 0.397 e. The highest BCUT2D eigenvalue weighted by molar-refractivity contribution is 5.83. The van der Waals surface area contributed by atoms with Crippen molar-refractivity contribution in [2.24, 2.45) is 14.1 Å². The van der Waals surface area contributed by atoms with E-state index in [9.17, 15) is 0 Å². The number of imidazole rings is 2. The van der Waals surface area contributed by atoms with Gasteiger partial charge in [-0.1, -0.05) is 30.3 Å². The first kappa shape index (κ1) is 18.4. The van der Waals surface area contributed by atoms with Gasteiger partial charge in [-0.2, -0.15) is 0 Å². The minimum atomic E-state index is 0.676. The van der Waals surface area contributed by atoms with Crippen molar-refractivity contribution in [1.29, 1.82) is 0 Å². The molecule has 0 aliphatic rings. The first-order chi connectivity index (χ1) is 14.1. The minimum Gasteiger partial charge on any atom is -0.397 e. The van der Waals surface area contributed by atoms with E-state index in [-0.39, 0.29) is 0 Å². The van der Waals surface area contributed by atoms with E-state index in [4.69, 9.17) is 5.73 Å². The Morgan fingerprint density at radius 2 is 1.52 bits per heavy atom. The molecule has 3 N–H and O–H groups in total. The molecule has 5 aromatic rings. The topological polar surface area (TPSA) is 112 Å². The number of nitrogen functional groups attached to an aromatic ring is 1. The third-order valence-electron chi connectivity index (χ3n) is 4.43. The van der Waals surface area contributed by atoms with Gasteiger partial charge in [0, 0.05) is 26.8 Å². The summed E-state index contributed by atoms with van der Waals surface area (Å²) in [4.78, 5) is 21.0. The summed E-state index contributed by atoms with van der Waals surface area (Å²) in [7, 11) is 3.81. The van der Waals surface area contributed by atoms with E-state index in [1.54, 1.807) is 31.2 Å². The normalized spacial score (nSPS) is 10.7. The van der Waals surface area contributed by atoms with Gasteiger partial charge in [0.25, 0.3) is 0 Å². The van der Waals surface area contributed by atoms with Crippen LogP contribution in [0.4, 0.5) is 11.5 Å². The average molecular weight is 387 g/mol. The molecule has 0 bridgehead atoms. The van der Waals surface area contributed by atoms with E-state index in [1.807, 2.05) is 41.4 Å². The van der Waals surface area contributed by atoms with Gasteiger partial charge in [0.1, 0.15) is 17.4 Å². The van der Waals surface area contributed by atoms with E-state index >= 15 is 0 Å². The van der Waals surface area contributed by atoms with Crippen LogP contribution >= 0.6 is 0 Å². The Morgan fingerprint density at radius 1 is 0.828 bits per heavy atom. The number of hydrogen-bond donors (Lipinski definition) is 2. The van der Waals surface area contributed by atoms with Gasteiger partial charge < -0.3 is 20.2 Å². The van der Waals surface area contributed by atoms with Gasteiger partial charge in [-0.3, -0.25) is 0 Å². The molecule has 4 aromatic heterocycles. The quantitative estimate of drug-likeness (QED) is 0.489. The minimum absolute atomic E-state index is 0.676. The molecule has 0 radical (unpaired) electrons.